The number of rotatable bonds is 8. The van der Waals surface area contributed by atoms with Crippen LogP contribution in [0.2, 0.25) is 5.02 Å². The predicted octanol–water partition coefficient (Wildman–Crippen LogP) is 2.39. The number of halogens is 1. The van der Waals surface area contributed by atoms with Crippen molar-refractivity contribution in [3.05, 3.63) is 47.5 Å². The first kappa shape index (κ1) is 19.1. The lowest BCUT2D eigenvalue weighted by atomic mass is 10.3. The Morgan fingerprint density at radius 1 is 1.26 bits per heavy atom. The van der Waals surface area contributed by atoms with Gasteiger partial charge in [-0.3, -0.25) is 4.79 Å². The molecule has 2 atom stereocenters. The highest BCUT2D eigenvalue weighted by molar-refractivity contribution is 6.32. The SMILES string of the molecule is CC(Oc1ccccc1Cl)C(=O)NCC(O)COc1ccc2c(c1)OCO2. The lowest BCUT2D eigenvalue weighted by molar-refractivity contribution is -0.127. The van der Waals surface area contributed by atoms with Gasteiger partial charge in [-0.25, -0.2) is 0 Å². The second-order valence-electron chi connectivity index (χ2n) is 5.92. The molecule has 1 amide bonds. The van der Waals surface area contributed by atoms with Crippen molar-refractivity contribution < 1.29 is 28.8 Å². The maximum Gasteiger partial charge on any atom is 0.260 e. The molecular formula is C19H20ClNO6. The average molecular weight is 394 g/mol. The molecule has 2 aromatic rings. The van der Waals surface area contributed by atoms with Crippen LogP contribution < -0.4 is 24.3 Å². The fourth-order valence-corrected chi connectivity index (χ4v) is 2.54. The lowest BCUT2D eigenvalue weighted by Crippen LogP contribution is -2.41. The molecule has 1 aliphatic rings. The Balaban J connectivity index is 1.41. The summed E-state index contributed by atoms with van der Waals surface area (Å²) in [6.07, 6.45) is -1.64. The van der Waals surface area contributed by atoms with Gasteiger partial charge in [0.15, 0.2) is 17.6 Å². The standard InChI is InChI=1S/C19H20ClNO6/c1-12(27-16-5-3-2-4-15(16)20)19(23)21-9-13(22)10-24-14-6-7-17-18(8-14)26-11-25-17/h2-8,12-13,22H,9-11H2,1H3,(H,21,23). The second kappa shape index (κ2) is 8.83. The number of carbonyl (C=O) groups is 1. The zero-order valence-electron chi connectivity index (χ0n) is 14.7. The number of nitrogens with one attached hydrogen (secondary N) is 1. The quantitative estimate of drug-likeness (QED) is 0.716. The van der Waals surface area contributed by atoms with Crippen molar-refractivity contribution in [1.82, 2.24) is 5.32 Å². The third-order valence-corrected chi connectivity index (χ3v) is 4.12. The van der Waals surface area contributed by atoms with E-state index < -0.39 is 12.2 Å². The van der Waals surface area contributed by atoms with Crippen molar-refractivity contribution in [2.75, 3.05) is 19.9 Å². The second-order valence-corrected chi connectivity index (χ2v) is 6.32. The molecule has 0 aliphatic carbocycles. The minimum absolute atomic E-state index is 0.0136. The molecule has 0 fully saturated rings. The molecule has 2 unspecified atom stereocenters. The largest absolute Gasteiger partial charge is 0.491 e. The zero-order valence-corrected chi connectivity index (χ0v) is 15.4. The first-order valence-corrected chi connectivity index (χ1v) is 8.80. The first-order valence-electron chi connectivity index (χ1n) is 8.42. The number of benzene rings is 2. The Morgan fingerprint density at radius 3 is 2.85 bits per heavy atom. The van der Waals surface area contributed by atoms with Gasteiger partial charge >= 0.3 is 0 Å². The minimum atomic E-state index is -0.883. The van der Waals surface area contributed by atoms with E-state index in [4.69, 9.17) is 30.5 Å². The maximum atomic E-state index is 12.1. The number of para-hydroxylation sites is 1. The Hall–Kier alpha value is -2.64. The third-order valence-electron chi connectivity index (χ3n) is 3.81. The van der Waals surface area contributed by atoms with Crippen LogP contribution in [0.3, 0.4) is 0 Å². The molecule has 0 bridgehead atoms. The Labute approximate surface area is 161 Å². The van der Waals surface area contributed by atoms with Crippen LogP contribution in [-0.4, -0.2) is 43.2 Å². The monoisotopic (exact) mass is 393 g/mol. The normalized spacial score (nSPS) is 14.3. The van der Waals surface area contributed by atoms with Crippen molar-refractivity contribution >= 4 is 17.5 Å². The van der Waals surface area contributed by atoms with E-state index in [-0.39, 0.29) is 25.9 Å². The highest BCUT2D eigenvalue weighted by Gasteiger charge is 2.18. The van der Waals surface area contributed by atoms with Crippen LogP contribution in [0.1, 0.15) is 6.92 Å². The molecule has 1 heterocycles. The first-order chi connectivity index (χ1) is 13.0. The number of aliphatic hydroxyl groups excluding tert-OH is 1. The number of hydrogen-bond acceptors (Lipinski definition) is 6. The van der Waals surface area contributed by atoms with E-state index in [0.29, 0.717) is 28.0 Å². The van der Waals surface area contributed by atoms with Gasteiger partial charge in [0.1, 0.15) is 24.2 Å². The van der Waals surface area contributed by atoms with Crippen LogP contribution in [-0.2, 0) is 4.79 Å². The van der Waals surface area contributed by atoms with E-state index in [1.54, 1.807) is 49.4 Å². The number of hydrogen-bond donors (Lipinski definition) is 2. The summed E-state index contributed by atoms with van der Waals surface area (Å²) in [6.45, 7) is 1.83. The summed E-state index contributed by atoms with van der Waals surface area (Å²) in [7, 11) is 0. The summed E-state index contributed by atoms with van der Waals surface area (Å²) in [6, 6.07) is 12.0. The van der Waals surface area contributed by atoms with Crippen molar-refractivity contribution in [1.29, 1.82) is 0 Å². The van der Waals surface area contributed by atoms with E-state index >= 15 is 0 Å². The Bertz CT molecular complexity index is 800. The van der Waals surface area contributed by atoms with Crippen LogP contribution >= 0.6 is 11.6 Å². The summed E-state index contributed by atoms with van der Waals surface area (Å²) < 4.78 is 21.5. The van der Waals surface area contributed by atoms with Crippen LogP contribution in [0.5, 0.6) is 23.0 Å². The predicted molar refractivity (Wildman–Crippen MR) is 98.6 cm³/mol. The van der Waals surface area contributed by atoms with Crippen LogP contribution in [0, 0.1) is 0 Å². The summed E-state index contributed by atoms with van der Waals surface area (Å²) in [5.41, 5.74) is 0. The van der Waals surface area contributed by atoms with Crippen molar-refractivity contribution in [2.45, 2.75) is 19.1 Å². The molecule has 1 aliphatic heterocycles. The summed E-state index contributed by atoms with van der Waals surface area (Å²) >= 11 is 6.01. The third kappa shape index (κ3) is 5.18. The molecule has 27 heavy (non-hydrogen) atoms. The molecular weight excluding hydrogens is 374 g/mol. The molecule has 2 N–H and O–H groups in total. The number of aliphatic hydroxyl groups is 1. The van der Waals surface area contributed by atoms with Gasteiger partial charge in [-0.05, 0) is 31.2 Å². The molecule has 0 radical (unpaired) electrons. The van der Waals surface area contributed by atoms with Crippen molar-refractivity contribution in [3.8, 4) is 23.0 Å². The van der Waals surface area contributed by atoms with Gasteiger partial charge in [0.05, 0.1) is 5.02 Å². The molecule has 144 valence electrons. The van der Waals surface area contributed by atoms with Gasteiger partial charge in [0, 0.05) is 12.6 Å². The minimum Gasteiger partial charge on any atom is -0.491 e. The fourth-order valence-electron chi connectivity index (χ4n) is 2.36. The molecule has 0 saturated heterocycles. The molecule has 3 rings (SSSR count). The van der Waals surface area contributed by atoms with Crippen LogP contribution in [0.25, 0.3) is 0 Å². The average Bonchev–Trinajstić information content (AvgIpc) is 3.14. The van der Waals surface area contributed by atoms with Gasteiger partial charge in [-0.1, -0.05) is 23.7 Å². The van der Waals surface area contributed by atoms with E-state index in [1.807, 2.05) is 0 Å². The van der Waals surface area contributed by atoms with Crippen molar-refractivity contribution in [3.63, 3.8) is 0 Å². The van der Waals surface area contributed by atoms with E-state index in [2.05, 4.69) is 5.32 Å². The number of fused-ring (bicyclic) bond motifs is 1. The van der Waals surface area contributed by atoms with Gasteiger partial charge < -0.3 is 29.4 Å². The molecule has 0 aromatic heterocycles. The van der Waals surface area contributed by atoms with E-state index in [1.165, 1.54) is 0 Å². The van der Waals surface area contributed by atoms with E-state index in [9.17, 15) is 9.90 Å². The number of amides is 1. The summed E-state index contributed by atoms with van der Waals surface area (Å²) in [5.74, 6) is 1.86. The smallest absolute Gasteiger partial charge is 0.260 e. The summed E-state index contributed by atoms with van der Waals surface area (Å²) in [4.78, 5) is 12.1. The zero-order chi connectivity index (χ0) is 19.2. The molecule has 2 aromatic carbocycles. The maximum absolute atomic E-state index is 12.1. The number of carbonyl (C=O) groups excluding carboxylic acids is 1. The Kier molecular flexibility index (Phi) is 6.26. The highest BCUT2D eigenvalue weighted by atomic mass is 35.5. The lowest BCUT2D eigenvalue weighted by Gasteiger charge is -2.17. The van der Waals surface area contributed by atoms with Gasteiger partial charge in [0.25, 0.3) is 5.91 Å². The molecule has 0 saturated carbocycles. The molecule has 7 nitrogen and oxygen atoms in total. The van der Waals surface area contributed by atoms with Gasteiger partial charge in [0.2, 0.25) is 6.79 Å². The molecule has 0 spiro atoms. The van der Waals surface area contributed by atoms with Gasteiger partial charge in [-0.2, -0.15) is 0 Å². The fraction of sp³-hybridized carbons (Fsp3) is 0.316. The highest BCUT2D eigenvalue weighted by Crippen LogP contribution is 2.35. The molecule has 8 heteroatoms. The Morgan fingerprint density at radius 2 is 2.04 bits per heavy atom. The van der Waals surface area contributed by atoms with E-state index in [0.717, 1.165) is 0 Å². The van der Waals surface area contributed by atoms with Crippen LogP contribution in [0.4, 0.5) is 0 Å². The van der Waals surface area contributed by atoms with Crippen molar-refractivity contribution in [2.24, 2.45) is 0 Å². The van der Waals surface area contributed by atoms with Crippen LogP contribution in [0.15, 0.2) is 42.5 Å². The summed E-state index contributed by atoms with van der Waals surface area (Å²) in [5, 5.41) is 13.1. The number of ether oxygens (including phenoxy) is 4. The topological polar surface area (TPSA) is 86.3 Å². The van der Waals surface area contributed by atoms with Gasteiger partial charge in [-0.15, -0.1) is 0 Å².